The molecule has 2 aliphatic rings. The number of hydrogen-bond donors (Lipinski definition) is 0. The van der Waals surface area contributed by atoms with Gasteiger partial charge >= 0.3 is 0 Å². The highest BCUT2D eigenvalue weighted by Gasteiger charge is 2.74. The Kier molecular flexibility index (Phi) is 5.52. The van der Waals surface area contributed by atoms with Crippen molar-refractivity contribution in [3.05, 3.63) is 93.2 Å². The van der Waals surface area contributed by atoms with Crippen molar-refractivity contribution in [1.82, 2.24) is 9.88 Å². The number of aromatic nitrogens is 1. The van der Waals surface area contributed by atoms with Crippen LogP contribution in [-0.4, -0.2) is 30.5 Å². The highest BCUT2D eigenvalue weighted by Crippen LogP contribution is 2.71. The Hall–Kier alpha value is -2.39. The third kappa shape index (κ3) is 3.15. The van der Waals surface area contributed by atoms with Crippen LogP contribution in [0.1, 0.15) is 29.7 Å². The molecule has 6 heteroatoms. The van der Waals surface area contributed by atoms with Crippen molar-refractivity contribution in [3.8, 4) is 11.8 Å². The fourth-order valence-corrected chi connectivity index (χ4v) is 6.68. The summed E-state index contributed by atoms with van der Waals surface area (Å²) < 4.78 is 8.00. The van der Waals surface area contributed by atoms with E-state index in [9.17, 15) is 5.26 Å². The molecule has 1 aromatic heterocycles. The van der Waals surface area contributed by atoms with Gasteiger partial charge in [-0.15, -0.1) is 0 Å². The number of nitrogens with zero attached hydrogens (tertiary/aromatic N) is 3. The third-order valence-electron chi connectivity index (χ3n) is 7.42. The Morgan fingerprint density at radius 2 is 1.85 bits per heavy atom. The molecule has 0 bridgehead atoms. The first kappa shape index (κ1) is 22.4. The second kappa shape index (κ2) is 8.13. The van der Waals surface area contributed by atoms with Gasteiger partial charge in [-0.3, -0.25) is 4.98 Å². The second-order valence-electron chi connectivity index (χ2n) is 9.47. The zero-order valence-corrected chi connectivity index (χ0v) is 21.1. The van der Waals surface area contributed by atoms with E-state index < -0.39 is 11.0 Å². The lowest BCUT2D eigenvalue weighted by molar-refractivity contribution is 0.0178. The lowest BCUT2D eigenvalue weighted by atomic mass is 9.64. The summed E-state index contributed by atoms with van der Waals surface area (Å²) in [4.78, 5) is 6.94. The van der Waals surface area contributed by atoms with Crippen molar-refractivity contribution in [2.24, 2.45) is 11.8 Å². The molecule has 0 radical (unpaired) electrons. The molecule has 0 saturated heterocycles. The van der Waals surface area contributed by atoms with E-state index in [1.807, 2.05) is 24.3 Å². The molecule has 1 aliphatic heterocycles. The van der Waals surface area contributed by atoms with Crippen LogP contribution < -0.4 is 4.74 Å². The van der Waals surface area contributed by atoms with Crippen LogP contribution in [-0.2, 0) is 11.0 Å². The molecule has 5 atom stereocenters. The number of hydrogen-bond acceptors (Lipinski definition) is 4. The van der Waals surface area contributed by atoms with Crippen molar-refractivity contribution < 1.29 is 4.74 Å². The van der Waals surface area contributed by atoms with Crippen LogP contribution in [0.5, 0.6) is 5.75 Å². The summed E-state index contributed by atoms with van der Waals surface area (Å²) in [6.07, 6.45) is 1.66. The number of benzene rings is 2. The van der Waals surface area contributed by atoms with Crippen molar-refractivity contribution in [1.29, 1.82) is 5.26 Å². The fourth-order valence-electron chi connectivity index (χ4n) is 6.27. The van der Waals surface area contributed by atoms with Gasteiger partial charge in [0, 0.05) is 29.2 Å². The van der Waals surface area contributed by atoms with E-state index in [1.165, 1.54) is 0 Å². The van der Waals surface area contributed by atoms with Crippen LogP contribution in [0.3, 0.4) is 0 Å². The maximum atomic E-state index is 10.6. The Bertz CT molecular complexity index is 1230. The quantitative estimate of drug-likeness (QED) is 0.412. The minimum atomic E-state index is -0.809. The number of ether oxygens (including phenoxy) is 1. The van der Waals surface area contributed by atoms with Gasteiger partial charge in [0.05, 0.1) is 28.1 Å². The molecule has 0 spiro atoms. The van der Waals surface area contributed by atoms with Gasteiger partial charge in [0.25, 0.3) is 0 Å². The number of rotatable bonds is 4. The lowest BCUT2D eigenvalue weighted by Gasteiger charge is -2.42. The summed E-state index contributed by atoms with van der Waals surface area (Å²) in [5.74, 6) is 0.317. The Morgan fingerprint density at radius 1 is 1.15 bits per heavy atom. The van der Waals surface area contributed by atoms with Crippen molar-refractivity contribution >= 4 is 27.5 Å². The van der Waals surface area contributed by atoms with Gasteiger partial charge < -0.3 is 9.64 Å². The van der Waals surface area contributed by atoms with Crippen LogP contribution in [0, 0.1) is 23.2 Å². The fraction of sp³-hybridized carbons (Fsp3) is 0.333. The van der Waals surface area contributed by atoms with Gasteiger partial charge in [-0.05, 0) is 50.2 Å². The van der Waals surface area contributed by atoms with E-state index in [4.69, 9.17) is 21.3 Å². The first-order valence-corrected chi connectivity index (χ1v) is 12.2. The number of fused-ring (bicyclic) bond motifs is 3. The predicted octanol–water partition coefficient (Wildman–Crippen LogP) is 6.16. The van der Waals surface area contributed by atoms with Gasteiger partial charge in [0.15, 0.2) is 5.60 Å². The van der Waals surface area contributed by atoms with Crippen LogP contribution in [0.4, 0.5) is 0 Å². The minimum absolute atomic E-state index is 0.0340. The van der Waals surface area contributed by atoms with E-state index >= 15 is 0 Å². The average molecular weight is 523 g/mol. The Balaban J connectivity index is 1.87. The molecule has 2 heterocycles. The third-order valence-corrected chi connectivity index (χ3v) is 8.15. The van der Waals surface area contributed by atoms with E-state index in [1.54, 1.807) is 6.20 Å². The highest BCUT2D eigenvalue weighted by molar-refractivity contribution is 9.10. The number of nitriles is 1. The molecule has 1 fully saturated rings. The van der Waals surface area contributed by atoms with Crippen LogP contribution in [0.2, 0.25) is 5.02 Å². The summed E-state index contributed by atoms with van der Waals surface area (Å²) in [6.45, 7) is 2.92. The molecule has 1 aliphatic carbocycles. The zero-order chi connectivity index (χ0) is 23.4. The molecule has 3 aromatic rings. The highest BCUT2D eigenvalue weighted by atomic mass is 79.9. The minimum Gasteiger partial charge on any atom is -0.479 e. The lowest BCUT2D eigenvalue weighted by Crippen LogP contribution is -2.48. The van der Waals surface area contributed by atoms with Crippen LogP contribution >= 0.6 is 27.5 Å². The molecular weight excluding hydrogens is 498 g/mol. The summed E-state index contributed by atoms with van der Waals surface area (Å²) in [7, 11) is 4.12. The topological polar surface area (TPSA) is 49.2 Å². The predicted molar refractivity (Wildman–Crippen MR) is 133 cm³/mol. The van der Waals surface area contributed by atoms with Crippen molar-refractivity contribution in [3.63, 3.8) is 0 Å². The van der Waals surface area contributed by atoms with Gasteiger partial charge in [0.2, 0.25) is 0 Å². The number of halogens is 2. The number of pyridine rings is 1. The van der Waals surface area contributed by atoms with E-state index in [0.29, 0.717) is 10.8 Å². The molecule has 1 saturated carbocycles. The molecule has 2 aromatic carbocycles. The summed E-state index contributed by atoms with van der Waals surface area (Å²) in [5.41, 5.74) is 1.53. The molecule has 4 nitrogen and oxygen atoms in total. The maximum Gasteiger partial charge on any atom is 0.153 e. The maximum absolute atomic E-state index is 10.6. The Labute approximate surface area is 208 Å². The molecule has 0 amide bonds. The van der Waals surface area contributed by atoms with Crippen molar-refractivity contribution in [2.45, 2.75) is 23.9 Å². The molecule has 5 rings (SSSR count). The smallest absolute Gasteiger partial charge is 0.153 e. The normalized spacial score (nSPS) is 29.9. The monoisotopic (exact) mass is 521 g/mol. The average Bonchev–Trinajstić information content (AvgIpc) is 3.15. The molecule has 33 heavy (non-hydrogen) atoms. The molecule has 0 unspecified atom stereocenters. The standard InChI is InChI=1S/C27H25BrClN3O/c1-26-22(14-30)21(16-32(2)3)24(17-7-5-4-6-8-17)27(26,18-9-11-19(28)12-10-18)33-23-13-20(29)15-31-25(23)26/h4-13,15,21-22,24H,16H2,1-3H3/t21-,22+,24+,26-,27-/m0/s1. The van der Waals surface area contributed by atoms with E-state index in [0.717, 1.165) is 27.8 Å². The largest absolute Gasteiger partial charge is 0.479 e. The molecule has 168 valence electrons. The van der Waals surface area contributed by atoms with Crippen LogP contribution in [0.25, 0.3) is 0 Å². The SMILES string of the molecule is CN(C)C[C@H]1[C@@H](C#N)[C@@]2(C)c3ncc(Cl)cc3O[C@@]2(c2ccc(Br)cc2)[C@@H]1c1ccccc1. The van der Waals surface area contributed by atoms with Crippen LogP contribution in [0.15, 0.2) is 71.3 Å². The van der Waals surface area contributed by atoms with E-state index in [2.05, 4.69) is 84.3 Å². The zero-order valence-electron chi connectivity index (χ0n) is 18.8. The Morgan fingerprint density at radius 3 is 2.48 bits per heavy atom. The van der Waals surface area contributed by atoms with Gasteiger partial charge in [-0.1, -0.05) is 70.0 Å². The van der Waals surface area contributed by atoms with Gasteiger partial charge in [0.1, 0.15) is 5.75 Å². The first-order valence-electron chi connectivity index (χ1n) is 11.0. The van der Waals surface area contributed by atoms with E-state index in [-0.39, 0.29) is 17.8 Å². The summed E-state index contributed by atoms with van der Waals surface area (Å²) >= 11 is 9.91. The van der Waals surface area contributed by atoms with Gasteiger partial charge in [-0.25, -0.2) is 0 Å². The summed E-state index contributed by atoms with van der Waals surface area (Å²) in [5, 5.41) is 11.2. The summed E-state index contributed by atoms with van der Waals surface area (Å²) in [6, 6.07) is 23.3. The van der Waals surface area contributed by atoms with Gasteiger partial charge in [-0.2, -0.15) is 5.26 Å². The van der Waals surface area contributed by atoms with Crippen molar-refractivity contribution in [2.75, 3.05) is 20.6 Å². The second-order valence-corrected chi connectivity index (χ2v) is 10.8. The molecule has 0 N–H and O–H groups in total. The first-order chi connectivity index (χ1) is 15.8. The molecular formula is C27H25BrClN3O.